The molecule has 5 heteroatoms. The van der Waals surface area contributed by atoms with E-state index in [2.05, 4.69) is 10.4 Å². The third kappa shape index (κ3) is 2.79. The first-order valence-corrected chi connectivity index (χ1v) is 6.13. The maximum absolute atomic E-state index is 11.8. The number of hydrogen-bond donors (Lipinski definition) is 2. The molecule has 1 amide bonds. The van der Waals surface area contributed by atoms with Crippen molar-refractivity contribution in [2.75, 3.05) is 6.54 Å². The molecule has 1 heterocycles. The highest BCUT2D eigenvalue weighted by Crippen LogP contribution is 2.20. The fraction of sp³-hybridized carbons (Fsp3) is 0.538. The average Bonchev–Trinajstić information content (AvgIpc) is 2.96. The summed E-state index contributed by atoms with van der Waals surface area (Å²) in [6, 6.07) is 0. The normalized spacial score (nSPS) is 18.8. The van der Waals surface area contributed by atoms with Crippen molar-refractivity contribution in [3.8, 4) is 0 Å². The van der Waals surface area contributed by atoms with Crippen LogP contribution in [0.4, 0.5) is 0 Å². The fourth-order valence-corrected chi connectivity index (χ4v) is 2.04. The third-order valence-electron chi connectivity index (χ3n) is 3.31. The van der Waals surface area contributed by atoms with Crippen molar-refractivity contribution in [2.24, 2.45) is 13.0 Å². The molecule has 0 aromatic carbocycles. The highest BCUT2D eigenvalue weighted by Gasteiger charge is 2.27. The number of nitrogens with zero attached hydrogens (tertiary/aromatic N) is 2. The van der Waals surface area contributed by atoms with E-state index in [4.69, 9.17) is 0 Å². The minimum absolute atomic E-state index is 0.00386. The minimum Gasteiger partial charge on any atom is -0.383 e. The Kier molecular flexibility index (Phi) is 3.52. The number of aryl methyl sites for hydroxylation is 1. The Labute approximate surface area is 106 Å². The molecule has 0 fully saturated rings. The number of amides is 1. The van der Waals surface area contributed by atoms with Crippen LogP contribution in [0.2, 0.25) is 0 Å². The van der Waals surface area contributed by atoms with Gasteiger partial charge in [-0.25, -0.2) is 0 Å². The summed E-state index contributed by atoms with van der Waals surface area (Å²) in [5.74, 6) is 0.0267. The molecule has 0 saturated carbocycles. The molecule has 0 saturated heterocycles. The lowest BCUT2D eigenvalue weighted by Gasteiger charge is -2.23. The van der Waals surface area contributed by atoms with E-state index >= 15 is 0 Å². The highest BCUT2D eigenvalue weighted by atomic mass is 16.3. The molecule has 1 aromatic heterocycles. The zero-order valence-electron chi connectivity index (χ0n) is 10.8. The molecule has 1 unspecified atom stereocenters. The second-order valence-corrected chi connectivity index (χ2v) is 5.03. The van der Waals surface area contributed by atoms with Crippen LogP contribution in [-0.2, 0) is 17.4 Å². The van der Waals surface area contributed by atoms with E-state index in [9.17, 15) is 9.90 Å². The molecule has 2 N–H and O–H groups in total. The second-order valence-electron chi connectivity index (χ2n) is 5.03. The summed E-state index contributed by atoms with van der Waals surface area (Å²) < 4.78 is 1.63. The summed E-state index contributed by atoms with van der Waals surface area (Å²) >= 11 is 0. The molecule has 0 radical (unpaired) electrons. The third-order valence-corrected chi connectivity index (χ3v) is 3.31. The first-order valence-electron chi connectivity index (χ1n) is 6.13. The molecule has 1 aromatic rings. The minimum atomic E-state index is -1.09. The number of carbonyl (C=O) groups is 1. The molecule has 1 aliphatic carbocycles. The van der Waals surface area contributed by atoms with Gasteiger partial charge in [-0.2, -0.15) is 5.10 Å². The molecule has 1 aliphatic rings. The van der Waals surface area contributed by atoms with E-state index in [1.165, 1.54) is 0 Å². The smallest absolute Gasteiger partial charge is 0.223 e. The monoisotopic (exact) mass is 249 g/mol. The van der Waals surface area contributed by atoms with E-state index in [0.717, 1.165) is 12.8 Å². The first kappa shape index (κ1) is 12.8. The van der Waals surface area contributed by atoms with Gasteiger partial charge < -0.3 is 10.4 Å². The summed E-state index contributed by atoms with van der Waals surface area (Å²) in [4.78, 5) is 11.8. The van der Waals surface area contributed by atoms with Crippen LogP contribution >= 0.6 is 0 Å². The van der Waals surface area contributed by atoms with E-state index in [0.29, 0.717) is 5.56 Å². The Morgan fingerprint density at radius 1 is 1.61 bits per heavy atom. The molecule has 0 spiro atoms. The van der Waals surface area contributed by atoms with Crippen molar-refractivity contribution >= 4 is 5.91 Å². The Bertz CT molecular complexity index is 455. The standard InChI is InChI=1S/C13H19N3O2/c1-13(18,11-7-15-16(2)8-11)9-14-12(17)10-5-3-4-6-10/h3-4,7-8,10,18H,5-6,9H2,1-2H3,(H,14,17). The van der Waals surface area contributed by atoms with Crippen LogP contribution in [0.3, 0.4) is 0 Å². The zero-order chi connectivity index (χ0) is 13.2. The Morgan fingerprint density at radius 2 is 2.28 bits per heavy atom. The van der Waals surface area contributed by atoms with Crippen molar-refractivity contribution in [3.63, 3.8) is 0 Å². The molecule has 0 aliphatic heterocycles. The molecular formula is C13H19N3O2. The van der Waals surface area contributed by atoms with Gasteiger partial charge >= 0.3 is 0 Å². The van der Waals surface area contributed by atoms with E-state index in [1.807, 2.05) is 12.2 Å². The van der Waals surface area contributed by atoms with Gasteiger partial charge in [-0.3, -0.25) is 9.48 Å². The lowest BCUT2D eigenvalue weighted by Crippen LogP contribution is -2.40. The molecule has 5 nitrogen and oxygen atoms in total. The molecule has 18 heavy (non-hydrogen) atoms. The second kappa shape index (κ2) is 4.94. The average molecular weight is 249 g/mol. The van der Waals surface area contributed by atoms with Crippen LogP contribution in [0.5, 0.6) is 0 Å². The maximum Gasteiger partial charge on any atom is 0.223 e. The van der Waals surface area contributed by atoms with Crippen LogP contribution in [0.15, 0.2) is 24.5 Å². The zero-order valence-corrected chi connectivity index (χ0v) is 10.8. The number of rotatable bonds is 4. The van der Waals surface area contributed by atoms with Gasteiger partial charge in [-0.1, -0.05) is 12.2 Å². The predicted molar refractivity (Wildman–Crippen MR) is 67.7 cm³/mol. The van der Waals surface area contributed by atoms with Crippen LogP contribution < -0.4 is 5.32 Å². The van der Waals surface area contributed by atoms with Crippen molar-refractivity contribution in [1.82, 2.24) is 15.1 Å². The molecular weight excluding hydrogens is 230 g/mol. The quantitative estimate of drug-likeness (QED) is 0.772. The summed E-state index contributed by atoms with van der Waals surface area (Å²) in [5.41, 5.74) is -0.384. The largest absolute Gasteiger partial charge is 0.383 e. The molecule has 0 bridgehead atoms. The number of carbonyl (C=O) groups excluding carboxylic acids is 1. The summed E-state index contributed by atoms with van der Waals surface area (Å²) in [6.07, 6.45) is 8.99. The number of nitrogens with one attached hydrogen (secondary N) is 1. The maximum atomic E-state index is 11.8. The van der Waals surface area contributed by atoms with Crippen LogP contribution in [-0.4, -0.2) is 27.3 Å². The van der Waals surface area contributed by atoms with E-state index < -0.39 is 5.60 Å². The Morgan fingerprint density at radius 3 is 2.83 bits per heavy atom. The number of aliphatic hydroxyl groups is 1. The number of hydrogen-bond acceptors (Lipinski definition) is 3. The number of allylic oxidation sites excluding steroid dienone is 2. The van der Waals surface area contributed by atoms with Gasteiger partial charge in [0.15, 0.2) is 0 Å². The Hall–Kier alpha value is -1.62. The fourth-order valence-electron chi connectivity index (χ4n) is 2.04. The van der Waals surface area contributed by atoms with E-state index in [-0.39, 0.29) is 18.4 Å². The topological polar surface area (TPSA) is 67.2 Å². The summed E-state index contributed by atoms with van der Waals surface area (Å²) in [7, 11) is 1.79. The van der Waals surface area contributed by atoms with E-state index in [1.54, 1.807) is 31.0 Å². The highest BCUT2D eigenvalue weighted by molar-refractivity contribution is 5.79. The van der Waals surface area contributed by atoms with Gasteiger partial charge in [0, 0.05) is 24.7 Å². The number of aromatic nitrogens is 2. The van der Waals surface area contributed by atoms with Crippen molar-refractivity contribution in [1.29, 1.82) is 0 Å². The van der Waals surface area contributed by atoms with Gasteiger partial charge in [-0.05, 0) is 19.8 Å². The molecule has 98 valence electrons. The molecule has 1 atom stereocenters. The Balaban J connectivity index is 1.90. The van der Waals surface area contributed by atoms with Crippen molar-refractivity contribution < 1.29 is 9.90 Å². The molecule has 2 rings (SSSR count). The lowest BCUT2D eigenvalue weighted by molar-refractivity contribution is -0.125. The van der Waals surface area contributed by atoms with Gasteiger partial charge in [0.1, 0.15) is 5.60 Å². The van der Waals surface area contributed by atoms with Crippen molar-refractivity contribution in [3.05, 3.63) is 30.1 Å². The van der Waals surface area contributed by atoms with Crippen LogP contribution in [0, 0.1) is 5.92 Å². The van der Waals surface area contributed by atoms with Crippen molar-refractivity contribution in [2.45, 2.75) is 25.4 Å². The van der Waals surface area contributed by atoms with Gasteiger partial charge in [-0.15, -0.1) is 0 Å². The van der Waals surface area contributed by atoms with Crippen LogP contribution in [0.1, 0.15) is 25.3 Å². The van der Waals surface area contributed by atoms with Gasteiger partial charge in [0.25, 0.3) is 0 Å². The first-order chi connectivity index (χ1) is 8.49. The van der Waals surface area contributed by atoms with Crippen LogP contribution in [0.25, 0.3) is 0 Å². The predicted octanol–water partition coefficient (Wildman–Crippen LogP) is 0.710. The summed E-state index contributed by atoms with van der Waals surface area (Å²) in [5, 5.41) is 17.1. The van der Waals surface area contributed by atoms with Gasteiger partial charge in [0.05, 0.1) is 12.7 Å². The SMILES string of the molecule is Cn1cc(C(C)(O)CNC(=O)C2CC=CC2)cn1. The lowest BCUT2D eigenvalue weighted by atomic mass is 9.99. The summed E-state index contributed by atoms with van der Waals surface area (Å²) in [6.45, 7) is 1.88. The van der Waals surface area contributed by atoms with Gasteiger partial charge in [0.2, 0.25) is 5.91 Å².